The van der Waals surface area contributed by atoms with E-state index in [2.05, 4.69) is 5.32 Å². The van der Waals surface area contributed by atoms with E-state index in [0.29, 0.717) is 18.4 Å². The van der Waals surface area contributed by atoms with E-state index in [-0.39, 0.29) is 9.79 Å². The van der Waals surface area contributed by atoms with Gasteiger partial charge in [-0.3, -0.25) is 0 Å². The molecular formula is C19H22FNO3S. The van der Waals surface area contributed by atoms with Crippen molar-refractivity contribution in [1.82, 2.24) is 5.32 Å². The topological polar surface area (TPSA) is 55.4 Å². The highest BCUT2D eigenvalue weighted by Crippen LogP contribution is 2.23. The summed E-state index contributed by atoms with van der Waals surface area (Å²) in [5.74, 6) is 0.0614. The average molecular weight is 363 g/mol. The van der Waals surface area contributed by atoms with Crippen LogP contribution in [-0.4, -0.2) is 27.6 Å². The second-order valence-electron chi connectivity index (χ2n) is 6.22. The van der Waals surface area contributed by atoms with E-state index < -0.39 is 15.7 Å². The minimum Gasteiger partial charge on any atom is -0.494 e. The van der Waals surface area contributed by atoms with Gasteiger partial charge in [-0.2, -0.15) is 0 Å². The molecule has 0 radical (unpaired) electrons. The molecule has 1 N–H and O–H groups in total. The molecule has 1 aliphatic heterocycles. The Labute approximate surface area is 147 Å². The number of piperidine rings is 1. The first-order valence-electron chi connectivity index (χ1n) is 8.52. The first kappa shape index (κ1) is 17.9. The zero-order valence-electron chi connectivity index (χ0n) is 13.9. The molecule has 1 saturated heterocycles. The maximum atomic E-state index is 13.3. The molecule has 1 atom stereocenters. The van der Waals surface area contributed by atoms with Crippen molar-refractivity contribution >= 4 is 9.84 Å². The standard InChI is InChI=1S/C19H22FNO3S/c20-15-4-3-6-19(14-15)25(22,23)18-9-7-17(8-10-18)24-13-11-16-5-1-2-12-21-16/h3-4,6-10,14,16,21H,1-2,5,11-13H2. The van der Waals surface area contributed by atoms with Crippen LogP contribution in [0.1, 0.15) is 25.7 Å². The van der Waals surface area contributed by atoms with Gasteiger partial charge in [0.05, 0.1) is 16.4 Å². The molecule has 0 saturated carbocycles. The van der Waals surface area contributed by atoms with Gasteiger partial charge in [0.25, 0.3) is 0 Å². The summed E-state index contributed by atoms with van der Waals surface area (Å²) in [4.78, 5) is 0.0731. The van der Waals surface area contributed by atoms with Crippen LogP contribution in [0.25, 0.3) is 0 Å². The Hall–Kier alpha value is -1.92. The van der Waals surface area contributed by atoms with Gasteiger partial charge >= 0.3 is 0 Å². The summed E-state index contributed by atoms with van der Waals surface area (Å²) < 4.78 is 44.0. The van der Waals surface area contributed by atoms with Gasteiger partial charge in [0.15, 0.2) is 0 Å². The van der Waals surface area contributed by atoms with Gasteiger partial charge in [-0.05, 0) is 68.3 Å². The van der Waals surface area contributed by atoms with Crippen molar-refractivity contribution < 1.29 is 17.5 Å². The second-order valence-corrected chi connectivity index (χ2v) is 8.17. The van der Waals surface area contributed by atoms with E-state index in [4.69, 9.17) is 4.74 Å². The minimum atomic E-state index is -3.72. The quantitative estimate of drug-likeness (QED) is 0.852. The van der Waals surface area contributed by atoms with Crippen molar-refractivity contribution in [1.29, 1.82) is 0 Å². The lowest BCUT2D eigenvalue weighted by atomic mass is 10.0. The van der Waals surface area contributed by atoms with Crippen LogP contribution >= 0.6 is 0 Å². The molecule has 4 nitrogen and oxygen atoms in total. The van der Waals surface area contributed by atoms with Crippen molar-refractivity contribution in [3.05, 3.63) is 54.3 Å². The summed E-state index contributed by atoms with van der Waals surface area (Å²) in [6.45, 7) is 1.66. The SMILES string of the molecule is O=S(=O)(c1ccc(OCCC2CCCCN2)cc1)c1cccc(F)c1. The molecule has 1 fully saturated rings. The van der Waals surface area contributed by atoms with Gasteiger partial charge in [-0.15, -0.1) is 0 Å². The van der Waals surface area contributed by atoms with E-state index in [1.165, 1.54) is 49.6 Å². The molecule has 3 rings (SSSR count). The zero-order chi connectivity index (χ0) is 17.7. The van der Waals surface area contributed by atoms with Crippen LogP contribution in [0, 0.1) is 5.82 Å². The Morgan fingerprint density at radius 3 is 2.56 bits per heavy atom. The average Bonchev–Trinajstić information content (AvgIpc) is 2.63. The highest BCUT2D eigenvalue weighted by molar-refractivity contribution is 7.91. The van der Waals surface area contributed by atoms with Gasteiger partial charge in [0.1, 0.15) is 11.6 Å². The fourth-order valence-corrected chi connectivity index (χ4v) is 4.27. The number of hydrogen-bond donors (Lipinski definition) is 1. The van der Waals surface area contributed by atoms with Crippen molar-refractivity contribution in [3.8, 4) is 5.75 Å². The number of ether oxygens (including phenoxy) is 1. The van der Waals surface area contributed by atoms with Crippen molar-refractivity contribution in [2.24, 2.45) is 0 Å². The summed E-state index contributed by atoms with van der Waals surface area (Å²) in [5, 5.41) is 3.47. The second kappa shape index (κ2) is 7.97. The minimum absolute atomic E-state index is 0.0514. The molecule has 134 valence electrons. The number of nitrogens with one attached hydrogen (secondary N) is 1. The lowest BCUT2D eigenvalue weighted by Crippen LogP contribution is -2.35. The number of benzene rings is 2. The van der Waals surface area contributed by atoms with E-state index in [0.717, 1.165) is 19.0 Å². The monoisotopic (exact) mass is 363 g/mol. The first-order chi connectivity index (χ1) is 12.1. The van der Waals surface area contributed by atoms with Gasteiger partial charge in [-0.1, -0.05) is 12.5 Å². The van der Waals surface area contributed by atoms with Gasteiger partial charge in [0, 0.05) is 6.04 Å². The van der Waals surface area contributed by atoms with Crippen LogP contribution in [-0.2, 0) is 9.84 Å². The maximum absolute atomic E-state index is 13.3. The van der Waals surface area contributed by atoms with Crippen molar-refractivity contribution in [2.75, 3.05) is 13.2 Å². The van der Waals surface area contributed by atoms with Gasteiger partial charge in [-0.25, -0.2) is 12.8 Å². The molecular weight excluding hydrogens is 341 g/mol. The summed E-state index contributed by atoms with van der Waals surface area (Å²) in [6, 6.07) is 11.8. The third kappa shape index (κ3) is 4.58. The number of sulfone groups is 1. The molecule has 0 aliphatic carbocycles. The molecule has 2 aromatic rings. The van der Waals surface area contributed by atoms with Crippen molar-refractivity contribution in [3.63, 3.8) is 0 Å². The highest BCUT2D eigenvalue weighted by Gasteiger charge is 2.18. The lowest BCUT2D eigenvalue weighted by Gasteiger charge is -2.23. The van der Waals surface area contributed by atoms with Crippen LogP contribution in [0.5, 0.6) is 5.75 Å². The highest BCUT2D eigenvalue weighted by atomic mass is 32.2. The summed E-state index contributed by atoms with van der Waals surface area (Å²) >= 11 is 0. The van der Waals surface area contributed by atoms with E-state index in [9.17, 15) is 12.8 Å². The molecule has 0 amide bonds. The van der Waals surface area contributed by atoms with E-state index in [1.54, 1.807) is 12.1 Å². The Balaban J connectivity index is 1.61. The Kier molecular flexibility index (Phi) is 5.71. The van der Waals surface area contributed by atoms with Gasteiger partial charge < -0.3 is 10.1 Å². The molecule has 1 heterocycles. The third-order valence-electron chi connectivity index (χ3n) is 4.39. The molecule has 0 spiro atoms. The van der Waals surface area contributed by atoms with Gasteiger partial charge in [0.2, 0.25) is 9.84 Å². The molecule has 6 heteroatoms. The molecule has 1 aliphatic rings. The van der Waals surface area contributed by atoms with Crippen LogP contribution in [0.2, 0.25) is 0 Å². The summed E-state index contributed by atoms with van der Waals surface area (Å²) in [5.41, 5.74) is 0. The van der Waals surface area contributed by atoms with Crippen LogP contribution in [0.3, 0.4) is 0 Å². The van der Waals surface area contributed by atoms with Crippen LogP contribution in [0.15, 0.2) is 58.3 Å². The maximum Gasteiger partial charge on any atom is 0.206 e. The van der Waals surface area contributed by atoms with Crippen LogP contribution < -0.4 is 10.1 Å². The smallest absolute Gasteiger partial charge is 0.206 e. The summed E-state index contributed by atoms with van der Waals surface area (Å²) in [7, 11) is -3.72. The fourth-order valence-electron chi connectivity index (χ4n) is 2.97. The molecule has 0 bridgehead atoms. The molecule has 2 aromatic carbocycles. The molecule has 25 heavy (non-hydrogen) atoms. The Morgan fingerprint density at radius 2 is 1.88 bits per heavy atom. The third-order valence-corrected chi connectivity index (χ3v) is 6.16. The molecule has 1 unspecified atom stereocenters. The Bertz CT molecular complexity index is 800. The van der Waals surface area contributed by atoms with E-state index >= 15 is 0 Å². The van der Waals surface area contributed by atoms with E-state index in [1.807, 2.05) is 0 Å². The first-order valence-corrected chi connectivity index (χ1v) is 10.0. The fraction of sp³-hybridized carbons (Fsp3) is 0.368. The normalized spacial score (nSPS) is 18.0. The van der Waals surface area contributed by atoms with Crippen molar-refractivity contribution in [2.45, 2.75) is 41.5 Å². The number of rotatable bonds is 6. The number of halogens is 1. The predicted molar refractivity (Wildman–Crippen MR) is 94.0 cm³/mol. The Morgan fingerprint density at radius 1 is 1.08 bits per heavy atom. The lowest BCUT2D eigenvalue weighted by molar-refractivity contribution is 0.268. The zero-order valence-corrected chi connectivity index (χ0v) is 14.8. The number of hydrogen-bond acceptors (Lipinski definition) is 4. The van der Waals surface area contributed by atoms with Crippen LogP contribution in [0.4, 0.5) is 4.39 Å². The molecule has 0 aromatic heterocycles. The predicted octanol–water partition coefficient (Wildman–Crippen LogP) is 3.57. The summed E-state index contributed by atoms with van der Waals surface area (Å²) in [6.07, 6.45) is 4.60. The largest absolute Gasteiger partial charge is 0.494 e.